The Morgan fingerprint density at radius 1 is 1.56 bits per heavy atom. The molecule has 0 saturated heterocycles. The fourth-order valence-corrected chi connectivity index (χ4v) is 1.26. The van der Waals surface area contributed by atoms with Crippen LogP contribution < -0.4 is 5.32 Å². The first-order valence-electron chi connectivity index (χ1n) is 5.23. The van der Waals surface area contributed by atoms with E-state index in [0.717, 1.165) is 0 Å². The standard InChI is InChI=1S/C12H17NO3/c1-9(16-2)6-7-12(15)13-10-4-3-5-11(14)8-10/h3-5,8-9,14H,6-7H2,1-2H3,(H,13,15). The molecule has 0 saturated carbocycles. The van der Waals surface area contributed by atoms with Gasteiger partial charge in [-0.25, -0.2) is 0 Å². The quantitative estimate of drug-likeness (QED) is 0.804. The first kappa shape index (κ1) is 12.5. The van der Waals surface area contributed by atoms with Gasteiger partial charge in [-0.2, -0.15) is 0 Å². The second-order valence-corrected chi connectivity index (χ2v) is 3.68. The first-order chi connectivity index (χ1) is 7.61. The lowest BCUT2D eigenvalue weighted by Gasteiger charge is -2.09. The van der Waals surface area contributed by atoms with Gasteiger partial charge in [-0.1, -0.05) is 6.07 Å². The van der Waals surface area contributed by atoms with E-state index in [4.69, 9.17) is 4.74 Å². The molecular formula is C12H17NO3. The van der Waals surface area contributed by atoms with E-state index in [0.29, 0.717) is 18.5 Å². The summed E-state index contributed by atoms with van der Waals surface area (Å²) < 4.78 is 5.05. The number of hydrogen-bond donors (Lipinski definition) is 2. The molecule has 1 amide bonds. The second-order valence-electron chi connectivity index (χ2n) is 3.68. The van der Waals surface area contributed by atoms with E-state index in [9.17, 15) is 9.90 Å². The molecule has 0 aliphatic rings. The van der Waals surface area contributed by atoms with Gasteiger partial charge in [0.2, 0.25) is 5.91 Å². The molecule has 1 rings (SSSR count). The summed E-state index contributed by atoms with van der Waals surface area (Å²) in [5.41, 5.74) is 0.607. The lowest BCUT2D eigenvalue weighted by molar-refractivity contribution is -0.116. The molecule has 0 heterocycles. The molecule has 0 radical (unpaired) electrons. The van der Waals surface area contributed by atoms with E-state index in [-0.39, 0.29) is 17.8 Å². The van der Waals surface area contributed by atoms with Gasteiger partial charge < -0.3 is 15.2 Å². The van der Waals surface area contributed by atoms with Crippen molar-refractivity contribution < 1.29 is 14.6 Å². The summed E-state index contributed by atoms with van der Waals surface area (Å²) in [6, 6.07) is 6.49. The molecule has 1 atom stereocenters. The van der Waals surface area contributed by atoms with Crippen molar-refractivity contribution in [1.82, 2.24) is 0 Å². The van der Waals surface area contributed by atoms with Crippen LogP contribution in [0.15, 0.2) is 24.3 Å². The van der Waals surface area contributed by atoms with Gasteiger partial charge in [-0.05, 0) is 25.5 Å². The highest BCUT2D eigenvalue weighted by Gasteiger charge is 2.06. The Hall–Kier alpha value is -1.55. The molecule has 1 unspecified atom stereocenters. The number of rotatable bonds is 5. The maximum atomic E-state index is 11.5. The van der Waals surface area contributed by atoms with Gasteiger partial charge >= 0.3 is 0 Å². The van der Waals surface area contributed by atoms with Crippen molar-refractivity contribution in [3.63, 3.8) is 0 Å². The number of aromatic hydroxyl groups is 1. The molecule has 1 aromatic rings. The number of phenolic OH excluding ortho intramolecular Hbond substituents is 1. The fraction of sp³-hybridized carbons (Fsp3) is 0.417. The summed E-state index contributed by atoms with van der Waals surface area (Å²) in [5, 5.41) is 11.9. The zero-order valence-corrected chi connectivity index (χ0v) is 9.56. The van der Waals surface area contributed by atoms with E-state index in [1.165, 1.54) is 6.07 Å². The van der Waals surface area contributed by atoms with Crippen LogP contribution in [0.3, 0.4) is 0 Å². The summed E-state index contributed by atoms with van der Waals surface area (Å²) in [7, 11) is 1.62. The summed E-state index contributed by atoms with van der Waals surface area (Å²) in [4.78, 5) is 11.5. The van der Waals surface area contributed by atoms with Crippen LogP contribution in [0, 0.1) is 0 Å². The Morgan fingerprint density at radius 2 is 2.31 bits per heavy atom. The van der Waals surface area contributed by atoms with E-state index >= 15 is 0 Å². The average molecular weight is 223 g/mol. The Balaban J connectivity index is 2.40. The third kappa shape index (κ3) is 4.31. The Morgan fingerprint density at radius 3 is 2.94 bits per heavy atom. The second kappa shape index (κ2) is 6.12. The Kier molecular flexibility index (Phi) is 4.79. The van der Waals surface area contributed by atoms with Gasteiger partial charge in [0.25, 0.3) is 0 Å². The van der Waals surface area contributed by atoms with Gasteiger partial charge in [0.15, 0.2) is 0 Å². The van der Waals surface area contributed by atoms with Gasteiger partial charge in [-0.3, -0.25) is 4.79 Å². The van der Waals surface area contributed by atoms with Crippen molar-refractivity contribution in [3.05, 3.63) is 24.3 Å². The van der Waals surface area contributed by atoms with Crippen LogP contribution in [0.2, 0.25) is 0 Å². The van der Waals surface area contributed by atoms with E-state index in [2.05, 4.69) is 5.32 Å². The van der Waals surface area contributed by atoms with Crippen LogP contribution in [-0.2, 0) is 9.53 Å². The van der Waals surface area contributed by atoms with Gasteiger partial charge in [0, 0.05) is 25.3 Å². The van der Waals surface area contributed by atoms with Crippen LogP contribution in [0.5, 0.6) is 5.75 Å². The van der Waals surface area contributed by atoms with Crippen LogP contribution in [0.4, 0.5) is 5.69 Å². The van der Waals surface area contributed by atoms with Crippen LogP contribution in [0.1, 0.15) is 19.8 Å². The number of carbonyl (C=O) groups is 1. The predicted octanol–water partition coefficient (Wildman–Crippen LogP) is 2.15. The number of anilines is 1. The molecule has 0 spiro atoms. The van der Waals surface area contributed by atoms with Crippen LogP contribution >= 0.6 is 0 Å². The highest BCUT2D eigenvalue weighted by atomic mass is 16.5. The maximum Gasteiger partial charge on any atom is 0.224 e. The zero-order valence-electron chi connectivity index (χ0n) is 9.56. The number of hydrogen-bond acceptors (Lipinski definition) is 3. The molecule has 0 fully saturated rings. The van der Waals surface area contributed by atoms with Crippen LogP contribution in [0.25, 0.3) is 0 Å². The van der Waals surface area contributed by atoms with E-state index in [1.54, 1.807) is 25.3 Å². The lowest BCUT2D eigenvalue weighted by Crippen LogP contribution is -2.15. The van der Waals surface area contributed by atoms with Crippen molar-refractivity contribution in [3.8, 4) is 5.75 Å². The predicted molar refractivity (Wildman–Crippen MR) is 62.4 cm³/mol. The van der Waals surface area contributed by atoms with E-state index < -0.39 is 0 Å². The molecule has 88 valence electrons. The molecule has 0 aromatic heterocycles. The Labute approximate surface area is 95.2 Å². The number of amides is 1. The molecular weight excluding hydrogens is 206 g/mol. The highest BCUT2D eigenvalue weighted by Crippen LogP contribution is 2.15. The first-order valence-corrected chi connectivity index (χ1v) is 5.23. The molecule has 2 N–H and O–H groups in total. The number of phenols is 1. The number of carbonyl (C=O) groups excluding carboxylic acids is 1. The molecule has 0 aliphatic heterocycles. The molecule has 4 heteroatoms. The fourth-order valence-electron chi connectivity index (χ4n) is 1.26. The van der Waals surface area contributed by atoms with Gasteiger partial charge in [-0.15, -0.1) is 0 Å². The van der Waals surface area contributed by atoms with E-state index in [1.807, 2.05) is 6.92 Å². The zero-order chi connectivity index (χ0) is 12.0. The van der Waals surface area contributed by atoms with Crippen molar-refractivity contribution in [2.75, 3.05) is 12.4 Å². The monoisotopic (exact) mass is 223 g/mol. The summed E-state index contributed by atoms with van der Waals surface area (Å²) >= 11 is 0. The number of benzene rings is 1. The van der Waals surface area contributed by atoms with Crippen molar-refractivity contribution in [2.45, 2.75) is 25.9 Å². The maximum absolute atomic E-state index is 11.5. The highest BCUT2D eigenvalue weighted by molar-refractivity contribution is 5.90. The minimum atomic E-state index is -0.0745. The molecule has 4 nitrogen and oxygen atoms in total. The van der Waals surface area contributed by atoms with Crippen molar-refractivity contribution in [2.24, 2.45) is 0 Å². The molecule has 0 bridgehead atoms. The molecule has 1 aromatic carbocycles. The minimum absolute atomic E-state index is 0.0745. The Bertz CT molecular complexity index is 352. The number of ether oxygens (including phenoxy) is 1. The summed E-state index contributed by atoms with van der Waals surface area (Å²) in [6.07, 6.45) is 1.17. The topological polar surface area (TPSA) is 58.6 Å². The smallest absolute Gasteiger partial charge is 0.224 e. The van der Waals surface area contributed by atoms with Crippen molar-refractivity contribution in [1.29, 1.82) is 0 Å². The van der Waals surface area contributed by atoms with Crippen LogP contribution in [-0.4, -0.2) is 24.2 Å². The van der Waals surface area contributed by atoms with Gasteiger partial charge in [0.05, 0.1) is 6.10 Å². The summed E-state index contributed by atoms with van der Waals surface area (Å²) in [5.74, 6) is 0.0672. The normalized spacial score (nSPS) is 12.1. The third-order valence-corrected chi connectivity index (χ3v) is 2.31. The van der Waals surface area contributed by atoms with Crippen molar-refractivity contribution >= 4 is 11.6 Å². The molecule has 0 aliphatic carbocycles. The van der Waals surface area contributed by atoms with Gasteiger partial charge in [0.1, 0.15) is 5.75 Å². The number of methoxy groups -OCH3 is 1. The SMILES string of the molecule is COC(C)CCC(=O)Nc1cccc(O)c1. The largest absolute Gasteiger partial charge is 0.508 e. The number of nitrogens with one attached hydrogen (secondary N) is 1. The average Bonchev–Trinajstić information content (AvgIpc) is 2.26. The molecule has 16 heavy (non-hydrogen) atoms. The minimum Gasteiger partial charge on any atom is -0.508 e. The third-order valence-electron chi connectivity index (χ3n) is 2.31. The lowest BCUT2D eigenvalue weighted by atomic mass is 10.2. The summed E-state index contributed by atoms with van der Waals surface area (Å²) in [6.45, 7) is 1.92.